The van der Waals surface area contributed by atoms with Gasteiger partial charge in [-0.05, 0) is 32.9 Å². The quantitative estimate of drug-likeness (QED) is 0.443. The number of hydrogen-bond acceptors (Lipinski definition) is 3. The van der Waals surface area contributed by atoms with Gasteiger partial charge in [-0.2, -0.15) is 0 Å². The lowest BCUT2D eigenvalue weighted by molar-refractivity contribution is 0.304. The van der Waals surface area contributed by atoms with Gasteiger partial charge in [0, 0.05) is 41.0 Å². The summed E-state index contributed by atoms with van der Waals surface area (Å²) in [5.41, 5.74) is 0. The topological polar surface area (TPSA) is 62.7 Å². The van der Waals surface area contributed by atoms with Gasteiger partial charge in [-0.3, -0.25) is 9.20 Å². The summed E-state index contributed by atoms with van der Waals surface area (Å²) in [5, 5.41) is 6.06. The molecular weight excluding hydrogens is 336 g/mol. The molecule has 0 amide bonds. The zero-order valence-electron chi connectivity index (χ0n) is 14.5. The van der Waals surface area contributed by atoms with E-state index in [0.29, 0.717) is 24.8 Å². The molecule has 0 bridgehead atoms. The van der Waals surface area contributed by atoms with E-state index in [-0.39, 0.29) is 17.1 Å². The lowest BCUT2D eigenvalue weighted by atomic mass is 10.3. The van der Waals surface area contributed by atoms with E-state index >= 15 is 0 Å². The zero-order valence-corrected chi connectivity index (χ0v) is 15.3. The van der Waals surface area contributed by atoms with E-state index in [2.05, 4.69) is 15.6 Å². The summed E-state index contributed by atoms with van der Waals surface area (Å²) in [6.07, 6.45) is 0. The minimum absolute atomic E-state index is 0.00159. The van der Waals surface area contributed by atoms with Crippen LogP contribution in [-0.4, -0.2) is 47.4 Å². The Morgan fingerprint density at radius 2 is 1.92 bits per heavy atom. The molecule has 24 heavy (non-hydrogen) atoms. The Morgan fingerprint density at radius 3 is 2.50 bits per heavy atom. The third-order valence-electron chi connectivity index (χ3n) is 3.03. The highest BCUT2D eigenvalue weighted by atomic mass is 32.2. The Kier molecular flexibility index (Phi) is 8.10. The number of guanidine groups is 1. The number of aliphatic imine (C=N–C) groups is 1. The van der Waals surface area contributed by atoms with Crippen LogP contribution in [0.3, 0.4) is 0 Å². The summed E-state index contributed by atoms with van der Waals surface area (Å²) < 4.78 is 43.1. The monoisotopic (exact) mass is 361 g/mol. The molecule has 0 saturated carbocycles. The summed E-state index contributed by atoms with van der Waals surface area (Å²) in [4.78, 5) is 4.04. The molecule has 0 aliphatic heterocycles. The summed E-state index contributed by atoms with van der Waals surface area (Å²) >= 11 is 0. The molecule has 0 aromatic heterocycles. The second-order valence-electron chi connectivity index (χ2n) is 6.01. The van der Waals surface area contributed by atoms with Crippen molar-refractivity contribution in [3.8, 4) is 5.75 Å². The van der Waals surface area contributed by atoms with E-state index in [1.165, 1.54) is 6.07 Å². The molecule has 1 atom stereocenters. The molecule has 0 heterocycles. The lowest BCUT2D eigenvalue weighted by Crippen LogP contribution is -2.41. The van der Waals surface area contributed by atoms with Crippen LogP contribution in [0, 0.1) is 11.6 Å². The number of ether oxygens (including phenoxy) is 1. The number of nitrogens with zero attached hydrogens (tertiary/aromatic N) is 1. The number of hydrogen-bond donors (Lipinski definition) is 2. The molecule has 2 N–H and O–H groups in total. The average molecular weight is 361 g/mol. The maximum Gasteiger partial charge on any atom is 0.191 e. The van der Waals surface area contributed by atoms with Crippen molar-refractivity contribution in [2.24, 2.45) is 4.99 Å². The first-order valence-corrected chi connectivity index (χ1v) is 8.97. The van der Waals surface area contributed by atoms with Gasteiger partial charge in [0.15, 0.2) is 17.5 Å². The van der Waals surface area contributed by atoms with Crippen molar-refractivity contribution < 1.29 is 17.7 Å². The SMILES string of the molecule is CN=C(NCCOc1ccc(F)cc1F)NCCS(=O)C(C)(C)C. The van der Waals surface area contributed by atoms with Gasteiger partial charge < -0.3 is 15.4 Å². The summed E-state index contributed by atoms with van der Waals surface area (Å²) in [7, 11) is 0.687. The van der Waals surface area contributed by atoms with Crippen LogP contribution in [0.2, 0.25) is 0 Å². The van der Waals surface area contributed by atoms with Crippen LogP contribution in [0.5, 0.6) is 5.75 Å². The number of halogens is 2. The predicted octanol–water partition coefficient (Wildman–Crippen LogP) is 2.06. The predicted molar refractivity (Wildman–Crippen MR) is 94.0 cm³/mol. The smallest absolute Gasteiger partial charge is 0.191 e. The van der Waals surface area contributed by atoms with E-state index in [1.807, 2.05) is 20.8 Å². The van der Waals surface area contributed by atoms with E-state index in [0.717, 1.165) is 12.1 Å². The number of benzene rings is 1. The molecule has 1 unspecified atom stereocenters. The van der Waals surface area contributed by atoms with Crippen LogP contribution in [-0.2, 0) is 10.8 Å². The minimum atomic E-state index is -0.935. The molecule has 0 fully saturated rings. The molecular formula is C16H25F2N3O2S. The van der Waals surface area contributed by atoms with Crippen LogP contribution >= 0.6 is 0 Å². The molecule has 8 heteroatoms. The van der Waals surface area contributed by atoms with Crippen molar-refractivity contribution in [3.05, 3.63) is 29.8 Å². The Balaban J connectivity index is 2.28. The van der Waals surface area contributed by atoms with Gasteiger partial charge in [-0.15, -0.1) is 0 Å². The Morgan fingerprint density at radius 1 is 1.25 bits per heavy atom. The molecule has 1 aromatic rings. The van der Waals surface area contributed by atoms with E-state index in [1.54, 1.807) is 7.05 Å². The third kappa shape index (κ3) is 7.25. The maximum atomic E-state index is 13.4. The Bertz CT molecular complexity index is 589. The fourth-order valence-corrected chi connectivity index (χ4v) is 2.61. The van der Waals surface area contributed by atoms with Gasteiger partial charge in [0.25, 0.3) is 0 Å². The van der Waals surface area contributed by atoms with E-state index in [4.69, 9.17) is 4.74 Å². The van der Waals surface area contributed by atoms with Crippen LogP contribution in [0.4, 0.5) is 8.78 Å². The fourth-order valence-electron chi connectivity index (χ4n) is 1.71. The first-order chi connectivity index (χ1) is 11.2. The number of nitrogens with one attached hydrogen (secondary N) is 2. The maximum absolute atomic E-state index is 13.4. The van der Waals surface area contributed by atoms with Crippen LogP contribution in [0.15, 0.2) is 23.2 Å². The van der Waals surface area contributed by atoms with Gasteiger partial charge in [0.05, 0.1) is 6.54 Å². The van der Waals surface area contributed by atoms with Crippen LogP contribution in [0.25, 0.3) is 0 Å². The lowest BCUT2D eigenvalue weighted by Gasteiger charge is -2.18. The minimum Gasteiger partial charge on any atom is -0.489 e. The molecule has 0 saturated heterocycles. The average Bonchev–Trinajstić information content (AvgIpc) is 2.50. The second-order valence-corrected chi connectivity index (χ2v) is 8.34. The highest BCUT2D eigenvalue weighted by molar-refractivity contribution is 7.86. The molecule has 136 valence electrons. The van der Waals surface area contributed by atoms with Crippen molar-refractivity contribution in [3.63, 3.8) is 0 Å². The van der Waals surface area contributed by atoms with E-state index in [9.17, 15) is 13.0 Å². The fraction of sp³-hybridized carbons (Fsp3) is 0.562. The molecule has 0 aliphatic rings. The zero-order chi connectivity index (χ0) is 18.2. The second kappa shape index (κ2) is 9.56. The van der Waals surface area contributed by atoms with E-state index < -0.39 is 22.4 Å². The molecule has 0 aliphatic carbocycles. The largest absolute Gasteiger partial charge is 0.489 e. The van der Waals surface area contributed by atoms with Gasteiger partial charge in [0.2, 0.25) is 0 Å². The summed E-state index contributed by atoms with van der Waals surface area (Å²) in [5.74, 6) is -0.315. The normalized spacial score (nSPS) is 13.5. The third-order valence-corrected chi connectivity index (χ3v) is 4.97. The van der Waals surface area contributed by atoms with Gasteiger partial charge >= 0.3 is 0 Å². The standard InChI is InChI=1S/C16H25F2N3O2S/c1-16(2,3)24(22)10-8-21-15(19-4)20-7-9-23-14-6-5-12(17)11-13(14)18/h5-6,11H,7-10H2,1-4H3,(H2,19,20,21). The molecule has 1 rings (SSSR count). The Labute approximate surface area is 144 Å². The highest BCUT2D eigenvalue weighted by Crippen LogP contribution is 2.17. The molecule has 0 radical (unpaired) electrons. The van der Waals surface area contributed by atoms with Gasteiger partial charge in [-0.1, -0.05) is 0 Å². The first kappa shape index (κ1) is 20.3. The van der Waals surface area contributed by atoms with Crippen molar-refractivity contribution in [1.29, 1.82) is 0 Å². The summed E-state index contributed by atoms with van der Waals surface area (Å²) in [6.45, 7) is 6.90. The molecule has 0 spiro atoms. The molecule has 5 nitrogen and oxygen atoms in total. The highest BCUT2D eigenvalue weighted by Gasteiger charge is 2.18. The van der Waals surface area contributed by atoms with Gasteiger partial charge in [0.1, 0.15) is 12.4 Å². The van der Waals surface area contributed by atoms with Gasteiger partial charge in [-0.25, -0.2) is 8.78 Å². The van der Waals surface area contributed by atoms with Crippen molar-refractivity contribution in [1.82, 2.24) is 10.6 Å². The van der Waals surface area contributed by atoms with Crippen LogP contribution in [0.1, 0.15) is 20.8 Å². The first-order valence-electron chi connectivity index (χ1n) is 7.65. The van der Waals surface area contributed by atoms with Crippen molar-refractivity contribution in [2.45, 2.75) is 25.5 Å². The summed E-state index contributed by atoms with van der Waals surface area (Å²) in [6, 6.07) is 3.17. The van der Waals surface area contributed by atoms with Crippen molar-refractivity contribution in [2.75, 3.05) is 32.5 Å². The molecule has 1 aromatic carbocycles. The number of rotatable bonds is 7. The van der Waals surface area contributed by atoms with Crippen molar-refractivity contribution >= 4 is 16.8 Å². The Hall–Kier alpha value is -1.70. The van der Waals surface area contributed by atoms with Crippen LogP contribution < -0.4 is 15.4 Å².